The molecule has 0 radical (unpaired) electrons. The van der Waals surface area contributed by atoms with Gasteiger partial charge in [0.15, 0.2) is 0 Å². The molecule has 0 saturated carbocycles. The van der Waals surface area contributed by atoms with Gasteiger partial charge in [-0.05, 0) is 47.5 Å². The molecule has 2 aromatic heterocycles. The number of halogens is 3. The Hall–Kier alpha value is -4.34. The second-order valence-electron chi connectivity index (χ2n) is 7.74. The Morgan fingerprint density at radius 1 is 1.09 bits per heavy atom. The van der Waals surface area contributed by atoms with Gasteiger partial charge in [-0.25, -0.2) is 0 Å². The van der Waals surface area contributed by atoms with Crippen LogP contribution in [-0.2, 0) is 0 Å². The van der Waals surface area contributed by atoms with Crippen LogP contribution in [0.5, 0.6) is 5.75 Å². The van der Waals surface area contributed by atoms with E-state index in [1.54, 1.807) is 42.5 Å². The van der Waals surface area contributed by atoms with Gasteiger partial charge >= 0.3 is 6.18 Å². The van der Waals surface area contributed by atoms with E-state index >= 15 is 0 Å². The maximum Gasteiger partial charge on any atom is 0.406 e. The van der Waals surface area contributed by atoms with E-state index in [4.69, 9.17) is 10.5 Å². The molecule has 0 bridgehead atoms. The predicted molar refractivity (Wildman–Crippen MR) is 119 cm³/mol. The normalized spacial score (nSPS) is 14.9. The summed E-state index contributed by atoms with van der Waals surface area (Å²) in [4.78, 5) is 17.4. The van der Waals surface area contributed by atoms with E-state index in [0.29, 0.717) is 33.7 Å². The van der Waals surface area contributed by atoms with E-state index in [-0.39, 0.29) is 11.3 Å². The van der Waals surface area contributed by atoms with Gasteiger partial charge in [0, 0.05) is 23.5 Å². The molecule has 0 spiro atoms. The Morgan fingerprint density at radius 2 is 1.82 bits per heavy atom. The number of carbonyl (C=O) groups excluding carboxylic acids is 1. The number of aromatic amines is 1. The number of H-pyrrole nitrogens is 1. The van der Waals surface area contributed by atoms with Crippen molar-refractivity contribution in [2.24, 2.45) is 5.73 Å². The number of nitrogens with one attached hydrogen (secondary N) is 1. The Morgan fingerprint density at radius 3 is 2.50 bits per heavy atom. The number of pyridine rings is 1. The Balaban J connectivity index is 1.74. The van der Waals surface area contributed by atoms with Gasteiger partial charge in [0.2, 0.25) is 12.1 Å². The summed E-state index contributed by atoms with van der Waals surface area (Å²) in [6.07, 6.45) is -1.16. The molecule has 7 nitrogen and oxygen atoms in total. The number of hydrogen-bond acceptors (Lipinski definition) is 5. The zero-order chi connectivity index (χ0) is 23.9. The van der Waals surface area contributed by atoms with Crippen LogP contribution in [0.2, 0.25) is 0 Å². The SMILES string of the molecule is NC(=O)c1cc2c(cc1-c1ccncc1)N(CC(F)(F)F)C(Oc1ccccc1)c1cn[nH]c1-2. The lowest BCUT2D eigenvalue weighted by atomic mass is 9.91. The number of primary amides is 1. The quantitative estimate of drug-likeness (QED) is 0.446. The Bertz CT molecular complexity index is 1340. The number of nitrogens with two attached hydrogens (primary N) is 1. The van der Waals surface area contributed by atoms with Gasteiger partial charge in [-0.2, -0.15) is 18.3 Å². The third-order valence-electron chi connectivity index (χ3n) is 5.53. The van der Waals surface area contributed by atoms with Gasteiger partial charge < -0.3 is 15.4 Å². The van der Waals surface area contributed by atoms with Gasteiger partial charge in [-0.1, -0.05) is 18.2 Å². The topological polar surface area (TPSA) is 97.1 Å². The zero-order valence-electron chi connectivity index (χ0n) is 17.6. The molecule has 3 heterocycles. The molecule has 3 N–H and O–H groups in total. The van der Waals surface area contributed by atoms with Crippen molar-refractivity contribution in [3.8, 4) is 28.1 Å². The van der Waals surface area contributed by atoms with Crippen LogP contribution >= 0.6 is 0 Å². The number of fused-ring (bicyclic) bond motifs is 3. The average molecular weight is 465 g/mol. The molecule has 1 unspecified atom stereocenters. The van der Waals surface area contributed by atoms with Crippen LogP contribution in [0.3, 0.4) is 0 Å². The molecule has 5 rings (SSSR count). The van der Waals surface area contributed by atoms with Gasteiger partial charge in [-0.3, -0.25) is 14.9 Å². The predicted octanol–water partition coefficient (Wildman–Crippen LogP) is 4.70. The number of alkyl halides is 3. The lowest BCUT2D eigenvalue weighted by Crippen LogP contribution is -2.42. The number of aromatic nitrogens is 3. The second-order valence-corrected chi connectivity index (χ2v) is 7.74. The van der Waals surface area contributed by atoms with E-state index in [9.17, 15) is 18.0 Å². The van der Waals surface area contributed by atoms with Gasteiger partial charge in [0.05, 0.1) is 23.1 Å². The first-order chi connectivity index (χ1) is 16.3. The fourth-order valence-electron chi connectivity index (χ4n) is 4.11. The first-order valence-electron chi connectivity index (χ1n) is 10.3. The van der Waals surface area contributed by atoms with E-state index < -0.39 is 24.9 Å². The number of benzene rings is 2. The van der Waals surface area contributed by atoms with Crippen LogP contribution in [0.1, 0.15) is 22.1 Å². The summed E-state index contributed by atoms with van der Waals surface area (Å²) in [5, 5.41) is 6.88. The first kappa shape index (κ1) is 21.5. The van der Waals surface area contributed by atoms with Crippen molar-refractivity contribution in [1.29, 1.82) is 0 Å². The highest BCUT2D eigenvalue weighted by Gasteiger charge is 2.41. The maximum atomic E-state index is 13.8. The summed E-state index contributed by atoms with van der Waals surface area (Å²) in [5.41, 5.74) is 8.26. The number of amides is 1. The van der Waals surface area contributed by atoms with Gasteiger partial charge in [0.1, 0.15) is 12.3 Å². The van der Waals surface area contributed by atoms with Crippen molar-refractivity contribution in [3.05, 3.63) is 84.3 Å². The minimum Gasteiger partial charge on any atom is -0.466 e. The third kappa shape index (κ3) is 3.94. The molecule has 1 aliphatic heterocycles. The van der Waals surface area contributed by atoms with E-state index in [1.165, 1.54) is 30.7 Å². The molecule has 34 heavy (non-hydrogen) atoms. The molecule has 0 fully saturated rings. The number of nitrogens with zero attached hydrogens (tertiary/aromatic N) is 3. The summed E-state index contributed by atoms with van der Waals surface area (Å²) < 4.78 is 47.4. The minimum absolute atomic E-state index is 0.167. The average Bonchev–Trinajstić information content (AvgIpc) is 3.31. The number of carbonyl (C=O) groups is 1. The largest absolute Gasteiger partial charge is 0.466 e. The van der Waals surface area contributed by atoms with Gasteiger partial charge in [0.25, 0.3) is 0 Å². The van der Waals surface area contributed by atoms with E-state index in [1.807, 2.05) is 0 Å². The minimum atomic E-state index is -4.53. The fraction of sp³-hybridized carbons (Fsp3) is 0.125. The summed E-state index contributed by atoms with van der Waals surface area (Å²) in [6, 6.07) is 14.9. The summed E-state index contributed by atoms with van der Waals surface area (Å²) in [6.45, 7) is -1.28. The molecule has 1 amide bonds. The molecule has 172 valence electrons. The lowest BCUT2D eigenvalue weighted by Gasteiger charge is -2.39. The van der Waals surface area contributed by atoms with Crippen LogP contribution in [0.25, 0.3) is 22.4 Å². The number of para-hydroxylation sites is 1. The summed E-state index contributed by atoms with van der Waals surface area (Å²) in [5.74, 6) is -0.306. The van der Waals surface area contributed by atoms with Crippen molar-refractivity contribution < 1.29 is 22.7 Å². The Kier molecular flexibility index (Phi) is 5.20. The highest BCUT2D eigenvalue weighted by molar-refractivity contribution is 6.03. The molecule has 2 aromatic carbocycles. The Labute approximate surface area is 192 Å². The second kappa shape index (κ2) is 8.22. The summed E-state index contributed by atoms with van der Waals surface area (Å²) >= 11 is 0. The molecule has 4 aromatic rings. The molecule has 10 heteroatoms. The summed E-state index contributed by atoms with van der Waals surface area (Å²) in [7, 11) is 0. The van der Waals surface area contributed by atoms with Crippen LogP contribution in [-0.4, -0.2) is 33.8 Å². The lowest BCUT2D eigenvalue weighted by molar-refractivity contribution is -0.123. The molecule has 0 saturated heterocycles. The van der Waals surface area contributed by atoms with Gasteiger partial charge in [-0.15, -0.1) is 0 Å². The van der Waals surface area contributed by atoms with Crippen LogP contribution in [0.4, 0.5) is 18.9 Å². The van der Waals surface area contributed by atoms with E-state index in [2.05, 4.69) is 15.2 Å². The highest BCUT2D eigenvalue weighted by Crippen LogP contribution is 2.47. The maximum absolute atomic E-state index is 13.8. The number of rotatable bonds is 5. The van der Waals surface area contributed by atoms with Crippen LogP contribution in [0.15, 0.2) is 73.2 Å². The number of ether oxygens (including phenoxy) is 1. The first-order valence-corrected chi connectivity index (χ1v) is 10.3. The zero-order valence-corrected chi connectivity index (χ0v) is 17.6. The van der Waals surface area contributed by atoms with Crippen molar-refractivity contribution in [2.45, 2.75) is 12.4 Å². The van der Waals surface area contributed by atoms with Crippen LogP contribution in [0, 0.1) is 0 Å². The van der Waals surface area contributed by atoms with Crippen LogP contribution < -0.4 is 15.4 Å². The highest BCUT2D eigenvalue weighted by atomic mass is 19.4. The monoisotopic (exact) mass is 465 g/mol. The van der Waals surface area contributed by atoms with Crippen molar-refractivity contribution in [3.63, 3.8) is 0 Å². The third-order valence-corrected chi connectivity index (χ3v) is 5.53. The standard InChI is InChI=1S/C24H18F3N5O2/c25-24(26,27)13-32-20-11-16(14-6-8-29-9-7-14)17(22(28)33)10-18(20)21-19(12-30-31-21)23(32)34-15-4-2-1-3-5-15/h1-12,23H,13H2,(H2,28,33)(H,30,31). The van der Waals surface area contributed by atoms with E-state index in [0.717, 1.165) is 4.90 Å². The smallest absolute Gasteiger partial charge is 0.406 e. The molecule has 0 aliphatic carbocycles. The molecular formula is C24H18F3N5O2. The number of hydrogen-bond donors (Lipinski definition) is 2. The van der Waals surface area contributed by atoms with Crippen molar-refractivity contribution in [2.75, 3.05) is 11.4 Å². The molecular weight excluding hydrogens is 447 g/mol. The molecule has 1 atom stereocenters. The fourth-order valence-corrected chi connectivity index (χ4v) is 4.11. The molecule has 1 aliphatic rings. The number of anilines is 1. The van der Waals surface area contributed by atoms with Crippen molar-refractivity contribution in [1.82, 2.24) is 15.2 Å². The van der Waals surface area contributed by atoms with Crippen molar-refractivity contribution >= 4 is 11.6 Å².